The molecule has 0 saturated carbocycles. The number of ether oxygens (including phenoxy) is 2. The normalized spacial score (nSPS) is 17.5. The molecule has 7 heteroatoms. The highest BCUT2D eigenvalue weighted by Gasteiger charge is 2.33. The van der Waals surface area contributed by atoms with E-state index in [2.05, 4.69) is 5.32 Å². The van der Waals surface area contributed by atoms with E-state index in [0.29, 0.717) is 40.0 Å². The van der Waals surface area contributed by atoms with Gasteiger partial charge in [0.2, 0.25) is 5.78 Å². The summed E-state index contributed by atoms with van der Waals surface area (Å²) >= 11 is 1.31. The topological polar surface area (TPSA) is 67.9 Å². The highest BCUT2D eigenvalue weighted by atomic mass is 32.2. The molecule has 4 rings (SSSR count). The average Bonchev–Trinajstić information content (AvgIpc) is 3.06. The second-order valence-electron chi connectivity index (χ2n) is 6.43. The van der Waals surface area contributed by atoms with Gasteiger partial charge in [0, 0.05) is 26.2 Å². The molecule has 0 atom stereocenters. The molecule has 0 aromatic heterocycles. The van der Waals surface area contributed by atoms with Gasteiger partial charge in [0.05, 0.1) is 22.5 Å². The number of hydrogen-bond acceptors (Lipinski definition) is 6. The summed E-state index contributed by atoms with van der Waals surface area (Å²) in [5, 5.41) is 3.20. The van der Waals surface area contributed by atoms with E-state index in [0.717, 1.165) is 18.7 Å². The quantitative estimate of drug-likeness (QED) is 0.802. The highest BCUT2D eigenvalue weighted by molar-refractivity contribution is 8.05. The Morgan fingerprint density at radius 1 is 1.11 bits per heavy atom. The van der Waals surface area contributed by atoms with Gasteiger partial charge in [-0.25, -0.2) is 4.79 Å². The number of nitrogens with zero attached hydrogens (tertiary/aromatic N) is 1. The number of carbonyl (C=O) groups excluding carboxylic acids is 2. The van der Waals surface area contributed by atoms with E-state index in [4.69, 9.17) is 9.47 Å². The van der Waals surface area contributed by atoms with Crippen molar-refractivity contribution in [3.63, 3.8) is 0 Å². The lowest BCUT2D eigenvalue weighted by Gasteiger charge is -2.26. The molecule has 1 fully saturated rings. The lowest BCUT2D eigenvalue weighted by molar-refractivity contribution is 0.104. The third-order valence-electron chi connectivity index (χ3n) is 4.64. The minimum absolute atomic E-state index is 0.124. The molecule has 1 N–H and O–H groups in total. The number of hydrogen-bond donors (Lipinski definition) is 1. The van der Waals surface area contributed by atoms with Crippen LogP contribution in [0.25, 0.3) is 6.08 Å². The second kappa shape index (κ2) is 8.08. The minimum Gasteiger partial charge on any atom is -0.496 e. The molecule has 2 heterocycles. The van der Waals surface area contributed by atoms with Crippen molar-refractivity contribution in [2.45, 2.75) is 4.90 Å². The van der Waals surface area contributed by atoms with Gasteiger partial charge in [-0.05, 0) is 23.8 Å². The van der Waals surface area contributed by atoms with E-state index < -0.39 is 6.09 Å². The average molecular weight is 396 g/mol. The van der Waals surface area contributed by atoms with E-state index in [1.54, 1.807) is 17.0 Å². The van der Waals surface area contributed by atoms with Crippen molar-refractivity contribution in [2.75, 3.05) is 33.3 Å². The van der Waals surface area contributed by atoms with Gasteiger partial charge in [0.1, 0.15) is 11.5 Å². The number of rotatable bonds is 3. The second-order valence-corrected chi connectivity index (χ2v) is 7.48. The van der Waals surface area contributed by atoms with E-state index >= 15 is 0 Å². The number of methoxy groups -OCH3 is 1. The number of nitrogens with one attached hydrogen (secondary N) is 1. The van der Waals surface area contributed by atoms with E-state index in [9.17, 15) is 9.59 Å². The number of thioether (sulfide) groups is 1. The van der Waals surface area contributed by atoms with Crippen LogP contribution in [0.4, 0.5) is 4.79 Å². The zero-order chi connectivity index (χ0) is 19.5. The van der Waals surface area contributed by atoms with Crippen LogP contribution in [-0.4, -0.2) is 50.1 Å². The molecule has 0 bridgehead atoms. The predicted octanol–water partition coefficient (Wildman–Crippen LogP) is 3.43. The van der Waals surface area contributed by atoms with Crippen LogP contribution >= 0.6 is 11.8 Å². The van der Waals surface area contributed by atoms with Gasteiger partial charge in [-0.2, -0.15) is 0 Å². The molecule has 1 amide bonds. The molecule has 0 radical (unpaired) electrons. The number of benzene rings is 2. The van der Waals surface area contributed by atoms with Crippen LogP contribution in [0.2, 0.25) is 0 Å². The lowest BCUT2D eigenvalue weighted by atomic mass is 10.1. The van der Waals surface area contributed by atoms with Crippen LogP contribution in [0, 0.1) is 0 Å². The fourth-order valence-corrected chi connectivity index (χ4v) is 4.31. The first kappa shape index (κ1) is 18.6. The smallest absolute Gasteiger partial charge is 0.415 e. The first-order chi connectivity index (χ1) is 13.7. The van der Waals surface area contributed by atoms with E-state index in [1.165, 1.54) is 18.9 Å². The Bertz CT molecular complexity index is 937. The summed E-state index contributed by atoms with van der Waals surface area (Å²) in [6.45, 7) is 2.69. The predicted molar refractivity (Wildman–Crippen MR) is 108 cm³/mol. The molecule has 2 aromatic carbocycles. The van der Waals surface area contributed by atoms with Gasteiger partial charge in [-0.15, -0.1) is 0 Å². The van der Waals surface area contributed by atoms with Crippen LogP contribution in [-0.2, 0) is 0 Å². The minimum atomic E-state index is -0.401. The van der Waals surface area contributed by atoms with E-state index in [-0.39, 0.29) is 5.78 Å². The zero-order valence-corrected chi connectivity index (χ0v) is 16.3. The maximum atomic E-state index is 13.0. The number of Topliss-reactive ketones (excluding diaryl/α,β-unsaturated/α-hetero) is 1. The van der Waals surface area contributed by atoms with Crippen LogP contribution < -0.4 is 14.8 Å². The molecule has 0 unspecified atom stereocenters. The zero-order valence-electron chi connectivity index (χ0n) is 15.4. The molecule has 2 aliphatic heterocycles. The van der Waals surface area contributed by atoms with Crippen molar-refractivity contribution in [1.29, 1.82) is 0 Å². The lowest BCUT2D eigenvalue weighted by Crippen LogP contribution is -2.47. The summed E-state index contributed by atoms with van der Waals surface area (Å²) in [5.41, 5.74) is 1.38. The SMILES string of the molecule is COc1ccc(OC(=O)N2CCNCC2)c2c1C(=O)/C(=C/c1ccccc1)S2. The fourth-order valence-electron chi connectivity index (χ4n) is 3.19. The molecule has 2 aliphatic rings. The van der Waals surface area contributed by atoms with Gasteiger partial charge in [-0.3, -0.25) is 4.79 Å². The van der Waals surface area contributed by atoms with Crippen LogP contribution in [0.5, 0.6) is 11.5 Å². The summed E-state index contributed by atoms with van der Waals surface area (Å²) in [6.07, 6.45) is 1.44. The van der Waals surface area contributed by atoms with Crippen molar-refractivity contribution in [3.8, 4) is 11.5 Å². The van der Waals surface area contributed by atoms with Crippen molar-refractivity contribution in [1.82, 2.24) is 10.2 Å². The standard InChI is InChI=1S/C21H20N2O4S/c1-26-15-7-8-16(27-21(25)23-11-9-22-10-12-23)20-18(15)19(24)17(28-20)13-14-5-3-2-4-6-14/h2-8,13,22H,9-12H2,1H3/b17-13-. The Balaban J connectivity index is 1.65. The molecule has 144 valence electrons. The van der Waals surface area contributed by atoms with E-state index in [1.807, 2.05) is 36.4 Å². The van der Waals surface area contributed by atoms with Gasteiger partial charge in [0.15, 0.2) is 0 Å². The van der Waals surface area contributed by atoms with Crippen molar-refractivity contribution in [2.24, 2.45) is 0 Å². The summed E-state index contributed by atoms with van der Waals surface area (Å²) in [4.78, 5) is 28.4. The molecular weight excluding hydrogens is 376 g/mol. The molecule has 1 saturated heterocycles. The molecular formula is C21H20N2O4S. The van der Waals surface area contributed by atoms with Crippen LogP contribution in [0.15, 0.2) is 52.3 Å². The third-order valence-corrected chi connectivity index (χ3v) is 5.77. The number of ketones is 1. The first-order valence-electron chi connectivity index (χ1n) is 9.05. The van der Waals surface area contributed by atoms with Crippen molar-refractivity contribution >= 4 is 29.7 Å². The van der Waals surface area contributed by atoms with Crippen molar-refractivity contribution in [3.05, 3.63) is 58.5 Å². The number of carbonyl (C=O) groups is 2. The van der Waals surface area contributed by atoms with Crippen LogP contribution in [0.3, 0.4) is 0 Å². The van der Waals surface area contributed by atoms with Gasteiger partial charge in [-0.1, -0.05) is 42.1 Å². The maximum Gasteiger partial charge on any atom is 0.415 e. The molecule has 28 heavy (non-hydrogen) atoms. The summed E-state index contributed by atoms with van der Waals surface area (Å²) in [6, 6.07) is 13.0. The molecule has 2 aromatic rings. The molecule has 0 spiro atoms. The summed E-state index contributed by atoms with van der Waals surface area (Å²) in [7, 11) is 1.53. The fraction of sp³-hybridized carbons (Fsp3) is 0.238. The first-order valence-corrected chi connectivity index (χ1v) is 9.87. The highest BCUT2D eigenvalue weighted by Crippen LogP contribution is 2.49. The number of fused-ring (bicyclic) bond motifs is 1. The Labute approximate surface area is 167 Å². The number of piperazine rings is 1. The molecule has 0 aliphatic carbocycles. The number of amides is 1. The maximum absolute atomic E-state index is 13.0. The Kier molecular flexibility index (Phi) is 5.36. The number of allylic oxidation sites excluding steroid dienone is 1. The monoisotopic (exact) mass is 396 g/mol. The Morgan fingerprint density at radius 2 is 1.82 bits per heavy atom. The summed E-state index contributed by atoms with van der Waals surface area (Å²) < 4.78 is 11.0. The largest absolute Gasteiger partial charge is 0.496 e. The van der Waals surface area contributed by atoms with Gasteiger partial charge < -0.3 is 19.7 Å². The van der Waals surface area contributed by atoms with Gasteiger partial charge >= 0.3 is 6.09 Å². The summed E-state index contributed by atoms with van der Waals surface area (Å²) in [5.74, 6) is 0.737. The Morgan fingerprint density at radius 3 is 2.54 bits per heavy atom. The third kappa shape index (κ3) is 3.63. The van der Waals surface area contributed by atoms with Crippen LogP contribution in [0.1, 0.15) is 15.9 Å². The Hall–Kier alpha value is -2.77. The van der Waals surface area contributed by atoms with Crippen molar-refractivity contribution < 1.29 is 19.1 Å². The molecule has 6 nitrogen and oxygen atoms in total. The van der Waals surface area contributed by atoms with Gasteiger partial charge in [0.25, 0.3) is 0 Å².